The van der Waals surface area contributed by atoms with E-state index in [0.29, 0.717) is 9.26 Å². The molecule has 4 nitrogen and oxygen atoms in total. The van der Waals surface area contributed by atoms with Crippen molar-refractivity contribution in [2.45, 2.75) is 25.6 Å². The van der Waals surface area contributed by atoms with E-state index in [1.165, 1.54) is 7.11 Å². The SMILES string of the molecule is COCc1nc(CCC(F)(F)F)nc(N)c1I. The molecule has 0 fully saturated rings. The molecule has 17 heavy (non-hydrogen) atoms. The van der Waals surface area contributed by atoms with Crippen LogP contribution in [0.15, 0.2) is 0 Å². The van der Waals surface area contributed by atoms with Gasteiger partial charge in [-0.1, -0.05) is 0 Å². The van der Waals surface area contributed by atoms with E-state index in [4.69, 9.17) is 10.5 Å². The van der Waals surface area contributed by atoms with Gasteiger partial charge in [0, 0.05) is 13.5 Å². The van der Waals surface area contributed by atoms with Crippen LogP contribution in [0.5, 0.6) is 0 Å². The summed E-state index contributed by atoms with van der Waals surface area (Å²) in [6.07, 6.45) is -5.46. The Morgan fingerprint density at radius 3 is 2.53 bits per heavy atom. The van der Waals surface area contributed by atoms with Crippen LogP contribution in [0.2, 0.25) is 0 Å². The maximum Gasteiger partial charge on any atom is 0.389 e. The monoisotopic (exact) mass is 361 g/mol. The Morgan fingerprint density at radius 1 is 1.35 bits per heavy atom. The molecular weight excluding hydrogens is 350 g/mol. The Morgan fingerprint density at radius 2 is 2.00 bits per heavy atom. The first-order chi connectivity index (χ1) is 7.83. The second-order valence-corrected chi connectivity index (χ2v) is 4.41. The van der Waals surface area contributed by atoms with Crippen LogP contribution in [-0.2, 0) is 17.8 Å². The highest BCUT2D eigenvalue weighted by Gasteiger charge is 2.27. The standard InChI is InChI=1S/C9H11F3IN3O/c1-17-4-5-7(13)8(14)16-6(15-5)2-3-9(10,11)12/h2-4H2,1H3,(H2,14,15,16). The number of nitrogens with zero attached hydrogens (tertiary/aromatic N) is 2. The van der Waals surface area contributed by atoms with Crippen molar-refractivity contribution >= 4 is 28.4 Å². The van der Waals surface area contributed by atoms with Crippen molar-refractivity contribution in [3.63, 3.8) is 0 Å². The minimum absolute atomic E-state index is 0.0901. The largest absolute Gasteiger partial charge is 0.389 e. The van der Waals surface area contributed by atoms with Gasteiger partial charge in [-0.2, -0.15) is 13.2 Å². The summed E-state index contributed by atoms with van der Waals surface area (Å²) in [4.78, 5) is 7.82. The van der Waals surface area contributed by atoms with Crippen LogP contribution in [0.25, 0.3) is 0 Å². The lowest BCUT2D eigenvalue weighted by atomic mass is 10.2. The van der Waals surface area contributed by atoms with Crippen molar-refractivity contribution in [2.24, 2.45) is 0 Å². The number of aryl methyl sites for hydroxylation is 1. The Hall–Kier alpha value is -0.640. The molecule has 0 bridgehead atoms. The molecule has 96 valence electrons. The average molecular weight is 361 g/mol. The second kappa shape index (κ2) is 5.80. The first-order valence-corrected chi connectivity index (χ1v) is 5.78. The van der Waals surface area contributed by atoms with Gasteiger partial charge in [0.15, 0.2) is 0 Å². The zero-order valence-electron chi connectivity index (χ0n) is 9.01. The highest BCUT2D eigenvalue weighted by atomic mass is 127. The normalized spacial score (nSPS) is 11.8. The number of alkyl halides is 3. The number of hydrogen-bond acceptors (Lipinski definition) is 4. The Kier molecular flexibility index (Phi) is 4.92. The molecule has 0 aliphatic heterocycles. The third-order valence-electron chi connectivity index (χ3n) is 1.90. The summed E-state index contributed by atoms with van der Waals surface area (Å²) in [5.74, 6) is 0.275. The maximum atomic E-state index is 12.1. The molecule has 0 saturated carbocycles. The number of rotatable bonds is 4. The molecule has 0 unspecified atom stereocenters. The van der Waals surface area contributed by atoms with Gasteiger partial charge in [-0.25, -0.2) is 9.97 Å². The molecule has 0 aliphatic carbocycles. The van der Waals surface area contributed by atoms with Gasteiger partial charge in [0.05, 0.1) is 22.3 Å². The van der Waals surface area contributed by atoms with Gasteiger partial charge < -0.3 is 10.5 Å². The summed E-state index contributed by atoms with van der Waals surface area (Å²) in [7, 11) is 1.48. The molecule has 0 aromatic carbocycles. The van der Waals surface area contributed by atoms with E-state index in [1.54, 1.807) is 0 Å². The Bertz CT molecular complexity index is 398. The molecule has 1 aromatic heterocycles. The van der Waals surface area contributed by atoms with Gasteiger partial charge in [0.2, 0.25) is 0 Å². The first kappa shape index (κ1) is 14.4. The molecule has 0 aliphatic rings. The third kappa shape index (κ3) is 4.62. The average Bonchev–Trinajstić information content (AvgIpc) is 2.21. The number of anilines is 1. The topological polar surface area (TPSA) is 61.0 Å². The van der Waals surface area contributed by atoms with Crippen molar-refractivity contribution in [1.29, 1.82) is 0 Å². The molecule has 0 amide bonds. The van der Waals surface area contributed by atoms with Gasteiger partial charge in [-0.3, -0.25) is 0 Å². The summed E-state index contributed by atoms with van der Waals surface area (Å²) in [6.45, 7) is 0.198. The highest BCUT2D eigenvalue weighted by Crippen LogP contribution is 2.23. The van der Waals surface area contributed by atoms with Gasteiger partial charge in [0.25, 0.3) is 0 Å². The molecule has 0 radical (unpaired) electrons. The van der Waals surface area contributed by atoms with Gasteiger partial charge in [0.1, 0.15) is 11.6 Å². The number of ether oxygens (including phenoxy) is 1. The van der Waals surface area contributed by atoms with Crippen LogP contribution in [0.4, 0.5) is 19.0 Å². The zero-order chi connectivity index (χ0) is 13.1. The lowest BCUT2D eigenvalue weighted by Gasteiger charge is -2.09. The molecular formula is C9H11F3IN3O. The van der Waals surface area contributed by atoms with Crippen molar-refractivity contribution in [3.8, 4) is 0 Å². The van der Waals surface area contributed by atoms with Crippen molar-refractivity contribution in [2.75, 3.05) is 12.8 Å². The fourth-order valence-electron chi connectivity index (χ4n) is 1.16. The van der Waals surface area contributed by atoms with E-state index in [1.807, 2.05) is 22.6 Å². The van der Waals surface area contributed by atoms with Crippen molar-refractivity contribution in [1.82, 2.24) is 9.97 Å². The molecule has 0 atom stereocenters. The molecule has 2 N–H and O–H groups in total. The van der Waals surface area contributed by atoms with Gasteiger partial charge in [-0.15, -0.1) is 0 Å². The van der Waals surface area contributed by atoms with E-state index >= 15 is 0 Å². The van der Waals surface area contributed by atoms with Gasteiger partial charge >= 0.3 is 6.18 Å². The zero-order valence-corrected chi connectivity index (χ0v) is 11.2. The molecule has 1 aromatic rings. The van der Waals surface area contributed by atoms with Crippen LogP contribution in [0, 0.1) is 3.57 Å². The van der Waals surface area contributed by atoms with E-state index in [9.17, 15) is 13.2 Å². The predicted octanol–water partition coefficient (Wildman–Crippen LogP) is 2.30. The Balaban J connectivity index is 2.86. The summed E-state index contributed by atoms with van der Waals surface area (Å²) >= 11 is 1.94. The molecule has 0 spiro atoms. The quantitative estimate of drug-likeness (QED) is 0.837. The number of halogens is 4. The number of nitrogen functional groups attached to an aromatic ring is 1. The Labute approximate surface area is 110 Å². The lowest BCUT2D eigenvalue weighted by Crippen LogP contribution is -2.13. The van der Waals surface area contributed by atoms with E-state index < -0.39 is 12.6 Å². The predicted molar refractivity (Wildman–Crippen MR) is 64.3 cm³/mol. The minimum Gasteiger partial charge on any atom is -0.383 e. The van der Waals surface area contributed by atoms with Crippen LogP contribution >= 0.6 is 22.6 Å². The summed E-state index contributed by atoms with van der Waals surface area (Å²) in [5.41, 5.74) is 6.11. The van der Waals surface area contributed by atoms with Crippen LogP contribution in [-0.4, -0.2) is 23.3 Å². The number of methoxy groups -OCH3 is 1. The summed E-state index contributed by atoms with van der Waals surface area (Å²) in [5, 5.41) is 0. The minimum atomic E-state index is -4.22. The molecule has 1 rings (SSSR count). The summed E-state index contributed by atoms with van der Waals surface area (Å²) in [6, 6.07) is 0. The maximum absolute atomic E-state index is 12.1. The molecule has 8 heteroatoms. The smallest absolute Gasteiger partial charge is 0.383 e. The number of nitrogens with two attached hydrogens (primary N) is 1. The summed E-state index contributed by atoms with van der Waals surface area (Å²) < 4.78 is 41.7. The second-order valence-electron chi connectivity index (χ2n) is 3.33. The van der Waals surface area contributed by atoms with Crippen molar-refractivity contribution in [3.05, 3.63) is 15.1 Å². The van der Waals surface area contributed by atoms with E-state index in [-0.39, 0.29) is 24.7 Å². The fraction of sp³-hybridized carbons (Fsp3) is 0.556. The lowest BCUT2D eigenvalue weighted by molar-refractivity contribution is -0.134. The molecule has 0 saturated heterocycles. The van der Waals surface area contributed by atoms with Gasteiger partial charge in [-0.05, 0) is 22.6 Å². The van der Waals surface area contributed by atoms with E-state index in [2.05, 4.69) is 9.97 Å². The fourth-order valence-corrected chi connectivity index (χ4v) is 1.56. The third-order valence-corrected chi connectivity index (χ3v) is 3.08. The van der Waals surface area contributed by atoms with Crippen LogP contribution in [0.1, 0.15) is 17.9 Å². The molecule has 1 heterocycles. The number of aromatic nitrogens is 2. The number of hydrogen-bond donors (Lipinski definition) is 1. The van der Waals surface area contributed by atoms with E-state index in [0.717, 1.165) is 0 Å². The van der Waals surface area contributed by atoms with Crippen LogP contribution < -0.4 is 5.73 Å². The van der Waals surface area contributed by atoms with Crippen molar-refractivity contribution < 1.29 is 17.9 Å². The highest BCUT2D eigenvalue weighted by molar-refractivity contribution is 14.1. The van der Waals surface area contributed by atoms with Crippen LogP contribution in [0.3, 0.4) is 0 Å². The first-order valence-electron chi connectivity index (χ1n) is 4.70.